The third-order valence-corrected chi connectivity index (χ3v) is 4.46. The van der Waals surface area contributed by atoms with Crippen molar-refractivity contribution in [2.75, 3.05) is 24.0 Å². The fraction of sp³-hybridized carbons (Fsp3) is 0.227. The maximum absolute atomic E-state index is 12.9. The largest absolute Gasteiger partial charge is 0.454 e. The fourth-order valence-electron chi connectivity index (χ4n) is 2.93. The monoisotopic (exact) mass is 390 g/mol. The van der Waals surface area contributed by atoms with E-state index >= 15 is 0 Å². The molecule has 0 fully saturated rings. The highest BCUT2D eigenvalue weighted by atomic mass is 16.7. The van der Waals surface area contributed by atoms with Gasteiger partial charge in [0.05, 0.1) is 0 Å². The lowest BCUT2D eigenvalue weighted by Crippen LogP contribution is -2.16. The van der Waals surface area contributed by atoms with Crippen LogP contribution in [0.2, 0.25) is 0 Å². The third-order valence-electron chi connectivity index (χ3n) is 4.46. The van der Waals surface area contributed by atoms with E-state index < -0.39 is 0 Å². The van der Waals surface area contributed by atoms with Crippen LogP contribution in [-0.4, -0.2) is 29.2 Å². The molecule has 0 saturated carbocycles. The third kappa shape index (κ3) is 4.45. The highest BCUT2D eigenvalue weighted by molar-refractivity contribution is 6.03. The molecule has 0 radical (unpaired) electrons. The first-order chi connectivity index (χ1) is 14.2. The highest BCUT2D eigenvalue weighted by Crippen LogP contribution is 2.34. The van der Waals surface area contributed by atoms with Crippen LogP contribution in [0.1, 0.15) is 30.3 Å². The number of unbranched alkanes of at least 4 members (excludes halogenated alkanes) is 1. The van der Waals surface area contributed by atoms with E-state index in [-0.39, 0.29) is 18.4 Å². The van der Waals surface area contributed by atoms with Crippen LogP contribution >= 0.6 is 0 Å². The Hall–Kier alpha value is -3.61. The van der Waals surface area contributed by atoms with Gasteiger partial charge in [0.1, 0.15) is 11.5 Å². The fourth-order valence-corrected chi connectivity index (χ4v) is 2.93. The molecular weight excluding hydrogens is 368 g/mol. The number of fused-ring (bicyclic) bond motifs is 1. The summed E-state index contributed by atoms with van der Waals surface area (Å²) in [6, 6.07) is 16.6. The summed E-state index contributed by atoms with van der Waals surface area (Å²) in [6.07, 6.45) is 2.09. The van der Waals surface area contributed by atoms with Gasteiger partial charge in [-0.3, -0.25) is 4.79 Å². The van der Waals surface area contributed by atoms with Gasteiger partial charge in [-0.15, -0.1) is 0 Å². The number of amides is 1. The SMILES string of the molecule is CCCCNc1cc(C(=O)Nc2ccc3c(c2)OCO3)nc(-c2ccccc2)n1. The van der Waals surface area contributed by atoms with Crippen molar-refractivity contribution in [2.24, 2.45) is 0 Å². The smallest absolute Gasteiger partial charge is 0.274 e. The molecule has 0 spiro atoms. The maximum Gasteiger partial charge on any atom is 0.274 e. The van der Waals surface area contributed by atoms with E-state index in [2.05, 4.69) is 27.5 Å². The maximum atomic E-state index is 12.9. The van der Waals surface area contributed by atoms with E-state index in [4.69, 9.17) is 9.47 Å². The molecule has 4 rings (SSSR count). The number of benzene rings is 2. The Morgan fingerprint density at radius 1 is 1.03 bits per heavy atom. The van der Waals surface area contributed by atoms with Gasteiger partial charge in [-0.1, -0.05) is 43.7 Å². The number of rotatable bonds is 7. The normalized spacial score (nSPS) is 11.9. The number of anilines is 2. The van der Waals surface area contributed by atoms with Crippen LogP contribution in [0.4, 0.5) is 11.5 Å². The Morgan fingerprint density at radius 2 is 1.86 bits per heavy atom. The zero-order chi connectivity index (χ0) is 20.1. The first-order valence-corrected chi connectivity index (χ1v) is 9.62. The number of hydrogen-bond acceptors (Lipinski definition) is 6. The molecule has 1 amide bonds. The molecule has 1 aromatic heterocycles. The van der Waals surface area contributed by atoms with E-state index in [1.165, 1.54) is 0 Å². The minimum absolute atomic E-state index is 0.186. The van der Waals surface area contributed by atoms with Crippen molar-refractivity contribution < 1.29 is 14.3 Å². The van der Waals surface area contributed by atoms with E-state index in [0.29, 0.717) is 28.8 Å². The summed E-state index contributed by atoms with van der Waals surface area (Å²) in [6.45, 7) is 3.10. The molecule has 1 aliphatic rings. The van der Waals surface area contributed by atoms with Crippen molar-refractivity contribution in [2.45, 2.75) is 19.8 Å². The summed E-state index contributed by atoms with van der Waals surface area (Å²) in [5.74, 6) is 2.09. The topological polar surface area (TPSA) is 85.4 Å². The lowest BCUT2D eigenvalue weighted by atomic mass is 10.2. The Kier molecular flexibility index (Phi) is 5.56. The van der Waals surface area contributed by atoms with Crippen LogP contribution in [-0.2, 0) is 0 Å². The minimum Gasteiger partial charge on any atom is -0.454 e. The van der Waals surface area contributed by atoms with Crippen molar-refractivity contribution in [1.29, 1.82) is 0 Å². The van der Waals surface area contributed by atoms with Gasteiger partial charge in [-0.25, -0.2) is 9.97 Å². The van der Waals surface area contributed by atoms with Gasteiger partial charge in [-0.05, 0) is 18.6 Å². The van der Waals surface area contributed by atoms with Crippen molar-refractivity contribution in [3.8, 4) is 22.9 Å². The number of aromatic nitrogens is 2. The van der Waals surface area contributed by atoms with E-state index in [1.54, 1.807) is 24.3 Å². The number of carbonyl (C=O) groups excluding carboxylic acids is 1. The summed E-state index contributed by atoms with van der Waals surface area (Å²) in [4.78, 5) is 21.9. The predicted molar refractivity (Wildman–Crippen MR) is 111 cm³/mol. The van der Waals surface area contributed by atoms with Crippen molar-refractivity contribution in [3.63, 3.8) is 0 Å². The average Bonchev–Trinajstić information content (AvgIpc) is 3.22. The lowest BCUT2D eigenvalue weighted by Gasteiger charge is -2.11. The number of carbonyl (C=O) groups is 1. The van der Waals surface area contributed by atoms with Crippen LogP contribution < -0.4 is 20.1 Å². The van der Waals surface area contributed by atoms with Gasteiger partial charge in [0.15, 0.2) is 17.3 Å². The minimum atomic E-state index is -0.318. The molecule has 0 atom stereocenters. The van der Waals surface area contributed by atoms with Crippen LogP contribution in [0.3, 0.4) is 0 Å². The summed E-state index contributed by atoms with van der Waals surface area (Å²) < 4.78 is 10.7. The van der Waals surface area contributed by atoms with Gasteiger partial charge in [-0.2, -0.15) is 0 Å². The van der Waals surface area contributed by atoms with Crippen LogP contribution in [0.15, 0.2) is 54.6 Å². The van der Waals surface area contributed by atoms with Gasteiger partial charge >= 0.3 is 0 Å². The zero-order valence-electron chi connectivity index (χ0n) is 16.1. The first kappa shape index (κ1) is 18.7. The molecule has 0 unspecified atom stereocenters. The highest BCUT2D eigenvalue weighted by Gasteiger charge is 2.17. The zero-order valence-corrected chi connectivity index (χ0v) is 16.1. The summed E-state index contributed by atoms with van der Waals surface area (Å²) in [5, 5.41) is 6.15. The Morgan fingerprint density at radius 3 is 2.69 bits per heavy atom. The van der Waals surface area contributed by atoms with Gasteiger partial charge in [0.2, 0.25) is 6.79 Å². The number of hydrogen-bond donors (Lipinski definition) is 2. The molecule has 3 aromatic rings. The molecule has 2 aromatic carbocycles. The molecule has 0 saturated heterocycles. The summed E-state index contributed by atoms with van der Waals surface area (Å²) >= 11 is 0. The second kappa shape index (κ2) is 8.60. The predicted octanol–water partition coefficient (Wildman–Crippen LogP) is 4.34. The Bertz CT molecular complexity index is 1010. The van der Waals surface area contributed by atoms with Crippen LogP contribution in [0, 0.1) is 0 Å². The average molecular weight is 390 g/mol. The lowest BCUT2D eigenvalue weighted by molar-refractivity contribution is 0.102. The molecule has 7 heteroatoms. The summed E-state index contributed by atoms with van der Waals surface area (Å²) in [7, 11) is 0. The van der Waals surface area contributed by atoms with Gasteiger partial charge < -0.3 is 20.1 Å². The second-order valence-corrected chi connectivity index (χ2v) is 6.63. The van der Waals surface area contributed by atoms with E-state index in [1.807, 2.05) is 30.3 Å². The van der Waals surface area contributed by atoms with Crippen molar-refractivity contribution in [3.05, 3.63) is 60.3 Å². The second-order valence-electron chi connectivity index (χ2n) is 6.63. The molecule has 0 aliphatic carbocycles. The van der Waals surface area contributed by atoms with Crippen molar-refractivity contribution >= 4 is 17.4 Å². The van der Waals surface area contributed by atoms with Gasteiger partial charge in [0.25, 0.3) is 5.91 Å². The van der Waals surface area contributed by atoms with Crippen LogP contribution in [0.25, 0.3) is 11.4 Å². The van der Waals surface area contributed by atoms with E-state index in [9.17, 15) is 4.79 Å². The van der Waals surface area contributed by atoms with Gasteiger partial charge in [0, 0.05) is 29.9 Å². The molecule has 2 heterocycles. The molecule has 148 valence electrons. The summed E-state index contributed by atoms with van der Waals surface area (Å²) in [5.41, 5.74) is 1.75. The Balaban J connectivity index is 1.60. The molecule has 0 bridgehead atoms. The van der Waals surface area contributed by atoms with Crippen LogP contribution in [0.5, 0.6) is 11.5 Å². The first-order valence-electron chi connectivity index (χ1n) is 9.62. The molecular formula is C22H22N4O3. The number of nitrogens with one attached hydrogen (secondary N) is 2. The van der Waals surface area contributed by atoms with Crippen molar-refractivity contribution in [1.82, 2.24) is 9.97 Å². The van der Waals surface area contributed by atoms with E-state index in [0.717, 1.165) is 24.9 Å². The molecule has 2 N–H and O–H groups in total. The Labute approximate surface area is 169 Å². The number of nitrogens with zero attached hydrogens (tertiary/aromatic N) is 2. The standard InChI is InChI=1S/C22H22N4O3/c1-2-3-11-23-20-13-17(25-21(26-20)15-7-5-4-6-8-15)22(27)24-16-9-10-18-19(12-16)29-14-28-18/h4-10,12-13H,2-3,11,14H2,1H3,(H,24,27)(H,23,25,26). The molecule has 7 nitrogen and oxygen atoms in total. The molecule has 1 aliphatic heterocycles. The molecule has 29 heavy (non-hydrogen) atoms. The number of ether oxygens (including phenoxy) is 2. The quantitative estimate of drug-likeness (QED) is 0.584.